The van der Waals surface area contributed by atoms with Crippen LogP contribution in [-0.4, -0.2) is 45.0 Å². The maximum atomic E-state index is 12.2. The van der Waals surface area contributed by atoms with E-state index in [4.69, 9.17) is 5.11 Å². The smallest absolute Gasteiger partial charge is 0.293 e. The Morgan fingerprint density at radius 2 is 2.17 bits per heavy atom. The van der Waals surface area contributed by atoms with Crippen molar-refractivity contribution in [1.82, 2.24) is 4.90 Å². The van der Waals surface area contributed by atoms with Gasteiger partial charge in [-0.2, -0.15) is 0 Å². The van der Waals surface area contributed by atoms with E-state index in [0.29, 0.717) is 29.2 Å². The van der Waals surface area contributed by atoms with Crippen LogP contribution in [-0.2, 0) is 4.79 Å². The van der Waals surface area contributed by atoms with Gasteiger partial charge in [0.25, 0.3) is 16.8 Å². The first-order chi connectivity index (χ1) is 11.5. The number of aliphatic hydroxyl groups excluding tert-OH is 1. The molecule has 24 heavy (non-hydrogen) atoms. The summed E-state index contributed by atoms with van der Waals surface area (Å²) in [5, 5.41) is 19.7. The van der Waals surface area contributed by atoms with Gasteiger partial charge in [0, 0.05) is 18.4 Å². The number of nitrogens with zero attached hydrogens (tertiary/aromatic N) is 2. The van der Waals surface area contributed by atoms with Gasteiger partial charge in [0.1, 0.15) is 0 Å². The molecule has 128 valence electrons. The van der Waals surface area contributed by atoms with E-state index in [2.05, 4.69) is 0 Å². The molecule has 1 aliphatic rings. The Balaban J connectivity index is 2.29. The fourth-order valence-corrected chi connectivity index (χ4v) is 3.73. The van der Waals surface area contributed by atoms with E-state index in [-0.39, 0.29) is 28.3 Å². The second-order valence-electron chi connectivity index (χ2n) is 4.89. The number of rotatable bonds is 7. The molecular weight excluding hydrogens is 352 g/mol. The predicted molar refractivity (Wildman–Crippen MR) is 93.9 cm³/mol. The summed E-state index contributed by atoms with van der Waals surface area (Å²) in [5.74, 6) is -0.0101. The monoisotopic (exact) mass is 368 g/mol. The summed E-state index contributed by atoms with van der Waals surface area (Å²) >= 11 is 2.03. The molecule has 1 aromatic rings. The van der Waals surface area contributed by atoms with Crippen LogP contribution < -0.4 is 0 Å². The van der Waals surface area contributed by atoms with Crippen molar-refractivity contribution < 1.29 is 19.6 Å². The summed E-state index contributed by atoms with van der Waals surface area (Å²) in [6, 6.07) is 4.61. The highest BCUT2D eigenvalue weighted by atomic mass is 32.2. The molecule has 1 fully saturated rings. The number of carbonyl (C=O) groups excluding carboxylic acids is 2. The van der Waals surface area contributed by atoms with Gasteiger partial charge in [-0.25, -0.2) is 0 Å². The van der Waals surface area contributed by atoms with Crippen molar-refractivity contribution >= 4 is 46.4 Å². The average molecular weight is 368 g/mol. The summed E-state index contributed by atoms with van der Waals surface area (Å²) in [4.78, 5) is 36.6. The van der Waals surface area contributed by atoms with E-state index in [1.165, 1.54) is 28.8 Å². The Morgan fingerprint density at radius 3 is 2.79 bits per heavy atom. The minimum atomic E-state index is -0.500. The molecule has 0 saturated carbocycles. The third-order valence-electron chi connectivity index (χ3n) is 3.15. The largest absolute Gasteiger partial charge is 0.396 e. The molecule has 1 heterocycles. The van der Waals surface area contributed by atoms with Crippen molar-refractivity contribution in [1.29, 1.82) is 0 Å². The maximum Gasteiger partial charge on any atom is 0.293 e. The number of thioether (sulfide) groups is 2. The van der Waals surface area contributed by atoms with Gasteiger partial charge in [0.05, 0.1) is 21.3 Å². The minimum Gasteiger partial charge on any atom is -0.396 e. The van der Waals surface area contributed by atoms with Crippen molar-refractivity contribution in [3.8, 4) is 0 Å². The lowest BCUT2D eigenvalue weighted by molar-refractivity contribution is -0.387. The molecule has 1 saturated heterocycles. The lowest BCUT2D eigenvalue weighted by atomic mass is 10.2. The van der Waals surface area contributed by atoms with E-state index in [0.717, 1.165) is 11.8 Å². The van der Waals surface area contributed by atoms with Crippen LogP contribution in [0.5, 0.6) is 0 Å². The van der Waals surface area contributed by atoms with Crippen molar-refractivity contribution in [2.24, 2.45) is 0 Å². The lowest BCUT2D eigenvalue weighted by Gasteiger charge is -2.09. The molecule has 9 heteroatoms. The SMILES string of the molecule is CCCN1C(=O)S/C(=C\c2ccc(SCCO)c([N+](=O)[O-])c2)C1=O. The van der Waals surface area contributed by atoms with Gasteiger partial charge in [-0.1, -0.05) is 13.0 Å². The number of carbonyl (C=O) groups is 2. The molecule has 2 rings (SSSR count). The standard InChI is InChI=1S/C15H16N2O5S2/c1-2-5-16-14(19)13(24-15(16)20)9-10-3-4-12(23-7-6-18)11(8-10)17(21)22/h3-4,8-9,18H,2,5-7H2,1H3/b13-9-. The molecule has 0 aliphatic carbocycles. The summed E-state index contributed by atoms with van der Waals surface area (Å²) in [5.41, 5.74) is 0.395. The molecule has 7 nitrogen and oxygen atoms in total. The zero-order valence-corrected chi connectivity index (χ0v) is 14.6. The summed E-state index contributed by atoms with van der Waals surface area (Å²) in [7, 11) is 0. The molecule has 0 aromatic heterocycles. The Kier molecular flexibility index (Phi) is 6.41. The Bertz CT molecular complexity index is 705. The zero-order chi connectivity index (χ0) is 17.7. The van der Waals surface area contributed by atoms with Crippen LogP contribution in [0.2, 0.25) is 0 Å². The van der Waals surface area contributed by atoms with Crippen LogP contribution in [0.15, 0.2) is 28.0 Å². The van der Waals surface area contributed by atoms with E-state index >= 15 is 0 Å². The van der Waals surface area contributed by atoms with Crippen molar-refractivity contribution in [3.05, 3.63) is 38.8 Å². The molecule has 1 N–H and O–H groups in total. The van der Waals surface area contributed by atoms with Crippen LogP contribution in [0.25, 0.3) is 6.08 Å². The number of nitro groups is 1. The number of nitro benzene ring substituents is 1. The van der Waals surface area contributed by atoms with Crippen LogP contribution in [0, 0.1) is 10.1 Å². The predicted octanol–water partition coefficient (Wildman–Crippen LogP) is 3.13. The molecule has 2 amide bonds. The topological polar surface area (TPSA) is 101 Å². The lowest BCUT2D eigenvalue weighted by Crippen LogP contribution is -2.28. The third kappa shape index (κ3) is 4.16. The highest BCUT2D eigenvalue weighted by molar-refractivity contribution is 8.18. The second kappa shape index (κ2) is 8.32. The van der Waals surface area contributed by atoms with E-state index < -0.39 is 4.92 Å². The Hall–Kier alpha value is -1.84. The van der Waals surface area contributed by atoms with Gasteiger partial charge in [-0.3, -0.25) is 24.6 Å². The number of hydrogen-bond donors (Lipinski definition) is 1. The number of amides is 2. The van der Waals surface area contributed by atoms with E-state index in [1.54, 1.807) is 12.1 Å². The highest BCUT2D eigenvalue weighted by Gasteiger charge is 2.34. The highest BCUT2D eigenvalue weighted by Crippen LogP contribution is 2.34. The fraction of sp³-hybridized carbons (Fsp3) is 0.333. The van der Waals surface area contributed by atoms with Gasteiger partial charge in [-0.05, 0) is 35.9 Å². The number of imide groups is 1. The first-order valence-corrected chi connectivity index (χ1v) is 9.05. The van der Waals surface area contributed by atoms with Gasteiger partial charge >= 0.3 is 0 Å². The summed E-state index contributed by atoms with van der Waals surface area (Å²) < 4.78 is 0. The van der Waals surface area contributed by atoms with E-state index in [1.807, 2.05) is 6.92 Å². The van der Waals surface area contributed by atoms with Crippen LogP contribution in [0.3, 0.4) is 0 Å². The summed E-state index contributed by atoms with van der Waals surface area (Å²) in [6.07, 6.45) is 2.17. The summed E-state index contributed by atoms with van der Waals surface area (Å²) in [6.45, 7) is 2.16. The molecule has 0 radical (unpaired) electrons. The normalized spacial score (nSPS) is 16.2. The van der Waals surface area contributed by atoms with Crippen molar-refractivity contribution in [2.75, 3.05) is 18.9 Å². The zero-order valence-electron chi connectivity index (χ0n) is 12.9. The van der Waals surface area contributed by atoms with Gasteiger partial charge in [0.15, 0.2) is 0 Å². The number of hydrogen-bond acceptors (Lipinski definition) is 7. The molecule has 0 bridgehead atoms. The maximum absolute atomic E-state index is 12.2. The molecule has 0 spiro atoms. The Morgan fingerprint density at radius 1 is 1.42 bits per heavy atom. The quantitative estimate of drug-likeness (QED) is 0.341. The average Bonchev–Trinajstić information content (AvgIpc) is 2.81. The molecule has 0 unspecified atom stereocenters. The van der Waals surface area contributed by atoms with Crippen molar-refractivity contribution in [2.45, 2.75) is 18.2 Å². The fourth-order valence-electron chi connectivity index (χ4n) is 2.11. The van der Waals surface area contributed by atoms with Crippen molar-refractivity contribution in [3.63, 3.8) is 0 Å². The minimum absolute atomic E-state index is 0.0753. The third-order valence-corrected chi connectivity index (χ3v) is 5.10. The Labute approximate surface area is 147 Å². The van der Waals surface area contributed by atoms with Crippen LogP contribution >= 0.6 is 23.5 Å². The molecule has 0 atom stereocenters. The van der Waals surface area contributed by atoms with Crippen LogP contribution in [0.4, 0.5) is 10.5 Å². The number of benzene rings is 1. The first kappa shape index (κ1) is 18.5. The number of aliphatic hydroxyl groups is 1. The molecular formula is C15H16N2O5S2. The second-order valence-corrected chi connectivity index (χ2v) is 7.02. The van der Waals surface area contributed by atoms with Gasteiger partial charge < -0.3 is 5.11 Å². The van der Waals surface area contributed by atoms with E-state index in [9.17, 15) is 19.7 Å². The van der Waals surface area contributed by atoms with Crippen LogP contribution in [0.1, 0.15) is 18.9 Å². The van der Waals surface area contributed by atoms with Gasteiger partial charge in [-0.15, -0.1) is 11.8 Å². The van der Waals surface area contributed by atoms with Gasteiger partial charge in [0.2, 0.25) is 0 Å². The molecule has 1 aliphatic heterocycles. The first-order valence-electron chi connectivity index (χ1n) is 7.25. The molecule has 1 aromatic carbocycles.